The molecule has 3 rings (SSSR count). The number of carbonyl (C=O) groups is 1. The third kappa shape index (κ3) is 3.90. The fourth-order valence-corrected chi connectivity index (χ4v) is 2.99. The Labute approximate surface area is 138 Å². The van der Waals surface area contributed by atoms with Gasteiger partial charge in [-0.2, -0.15) is 11.3 Å². The first-order chi connectivity index (χ1) is 11.1. The second-order valence-electron chi connectivity index (χ2n) is 5.46. The van der Waals surface area contributed by atoms with Gasteiger partial charge in [0, 0.05) is 23.4 Å². The molecule has 3 heterocycles. The standard InChI is InChI=1S/C17H18N2O3S/c1-11(8-14-4-3-6-21-14)18-16(20)9-15-12(2)22-17(19-15)13-5-7-23-10-13/h3-7,10-11H,8-9H2,1-2H3,(H,18,20). The number of furan rings is 1. The van der Waals surface area contributed by atoms with Crippen molar-refractivity contribution in [3.63, 3.8) is 0 Å². The average molecular weight is 330 g/mol. The number of nitrogens with one attached hydrogen (secondary N) is 1. The van der Waals surface area contributed by atoms with Gasteiger partial charge >= 0.3 is 0 Å². The van der Waals surface area contributed by atoms with Crippen LogP contribution in [0.3, 0.4) is 0 Å². The van der Waals surface area contributed by atoms with Crippen LogP contribution in [0, 0.1) is 6.92 Å². The van der Waals surface area contributed by atoms with Crippen LogP contribution in [0.5, 0.6) is 0 Å². The van der Waals surface area contributed by atoms with Gasteiger partial charge in [0.25, 0.3) is 0 Å². The van der Waals surface area contributed by atoms with Crippen molar-refractivity contribution < 1.29 is 13.6 Å². The number of rotatable bonds is 6. The molecule has 6 heteroatoms. The van der Waals surface area contributed by atoms with Crippen molar-refractivity contribution in [1.82, 2.24) is 10.3 Å². The highest BCUT2D eigenvalue weighted by molar-refractivity contribution is 7.08. The van der Waals surface area contributed by atoms with Crippen LogP contribution in [0.25, 0.3) is 11.5 Å². The SMILES string of the molecule is Cc1oc(-c2ccsc2)nc1CC(=O)NC(C)Cc1ccco1. The summed E-state index contributed by atoms with van der Waals surface area (Å²) in [4.78, 5) is 16.6. The number of aryl methyl sites for hydroxylation is 1. The van der Waals surface area contributed by atoms with Crippen LogP contribution in [0.1, 0.15) is 24.1 Å². The number of hydrogen-bond acceptors (Lipinski definition) is 5. The van der Waals surface area contributed by atoms with Gasteiger partial charge < -0.3 is 14.2 Å². The van der Waals surface area contributed by atoms with E-state index < -0.39 is 0 Å². The first kappa shape index (κ1) is 15.6. The lowest BCUT2D eigenvalue weighted by Gasteiger charge is -2.11. The molecule has 0 fully saturated rings. The lowest BCUT2D eigenvalue weighted by molar-refractivity contribution is -0.121. The number of aromatic nitrogens is 1. The van der Waals surface area contributed by atoms with Gasteiger partial charge in [-0.15, -0.1) is 0 Å². The molecule has 1 N–H and O–H groups in total. The molecule has 0 bridgehead atoms. The summed E-state index contributed by atoms with van der Waals surface area (Å²) in [5, 5.41) is 6.90. The third-order valence-corrected chi connectivity index (χ3v) is 4.17. The lowest BCUT2D eigenvalue weighted by Crippen LogP contribution is -2.35. The Kier molecular flexibility index (Phi) is 4.62. The Morgan fingerprint density at radius 3 is 3.00 bits per heavy atom. The summed E-state index contributed by atoms with van der Waals surface area (Å²) in [6.45, 7) is 3.78. The lowest BCUT2D eigenvalue weighted by atomic mass is 10.2. The zero-order valence-corrected chi connectivity index (χ0v) is 13.9. The van der Waals surface area contributed by atoms with Crippen molar-refractivity contribution in [3.8, 4) is 11.5 Å². The van der Waals surface area contributed by atoms with E-state index in [1.165, 1.54) is 0 Å². The van der Waals surface area contributed by atoms with E-state index in [2.05, 4.69) is 10.3 Å². The summed E-state index contributed by atoms with van der Waals surface area (Å²) < 4.78 is 10.9. The summed E-state index contributed by atoms with van der Waals surface area (Å²) in [6, 6.07) is 5.69. The molecule has 1 unspecified atom stereocenters. The second-order valence-corrected chi connectivity index (χ2v) is 6.24. The predicted molar refractivity (Wildman–Crippen MR) is 88.3 cm³/mol. The molecule has 0 aromatic carbocycles. The van der Waals surface area contributed by atoms with Gasteiger partial charge in [-0.05, 0) is 37.4 Å². The molecule has 0 spiro atoms. The maximum atomic E-state index is 12.2. The van der Waals surface area contributed by atoms with Crippen LogP contribution in [-0.2, 0) is 17.6 Å². The molecule has 23 heavy (non-hydrogen) atoms. The molecule has 0 aliphatic heterocycles. The van der Waals surface area contributed by atoms with Crippen molar-refractivity contribution >= 4 is 17.2 Å². The Morgan fingerprint density at radius 1 is 1.43 bits per heavy atom. The number of oxazole rings is 1. The molecule has 0 saturated heterocycles. The minimum Gasteiger partial charge on any atom is -0.469 e. The number of thiophene rings is 1. The van der Waals surface area contributed by atoms with Crippen LogP contribution in [0.2, 0.25) is 0 Å². The number of hydrogen-bond donors (Lipinski definition) is 1. The Bertz CT molecular complexity index is 760. The fourth-order valence-electron chi connectivity index (χ4n) is 2.36. The zero-order chi connectivity index (χ0) is 16.2. The smallest absolute Gasteiger partial charge is 0.227 e. The van der Waals surface area contributed by atoms with Gasteiger partial charge in [0.05, 0.1) is 18.4 Å². The highest BCUT2D eigenvalue weighted by Gasteiger charge is 2.16. The largest absolute Gasteiger partial charge is 0.469 e. The average Bonchev–Trinajstić information content (AvgIpc) is 3.21. The molecule has 0 radical (unpaired) electrons. The van der Waals surface area contributed by atoms with Crippen LogP contribution < -0.4 is 5.32 Å². The van der Waals surface area contributed by atoms with E-state index in [4.69, 9.17) is 8.83 Å². The van der Waals surface area contributed by atoms with Crippen molar-refractivity contribution in [3.05, 3.63) is 52.4 Å². The van der Waals surface area contributed by atoms with E-state index in [0.29, 0.717) is 23.8 Å². The highest BCUT2D eigenvalue weighted by atomic mass is 32.1. The highest BCUT2D eigenvalue weighted by Crippen LogP contribution is 2.24. The molecule has 0 saturated carbocycles. The van der Waals surface area contributed by atoms with Gasteiger partial charge in [-0.3, -0.25) is 4.79 Å². The maximum absolute atomic E-state index is 12.2. The van der Waals surface area contributed by atoms with Crippen molar-refractivity contribution in [2.45, 2.75) is 32.7 Å². The Morgan fingerprint density at radius 2 is 2.30 bits per heavy atom. The zero-order valence-electron chi connectivity index (χ0n) is 13.0. The van der Waals surface area contributed by atoms with Crippen molar-refractivity contribution in [2.24, 2.45) is 0 Å². The maximum Gasteiger partial charge on any atom is 0.227 e. The van der Waals surface area contributed by atoms with Crippen LogP contribution in [0.4, 0.5) is 0 Å². The molecular formula is C17H18N2O3S. The van der Waals surface area contributed by atoms with E-state index in [1.54, 1.807) is 17.6 Å². The van der Waals surface area contributed by atoms with Gasteiger partial charge in [-0.1, -0.05) is 0 Å². The molecule has 120 valence electrons. The second kappa shape index (κ2) is 6.83. The van der Waals surface area contributed by atoms with Crippen LogP contribution >= 0.6 is 11.3 Å². The van der Waals surface area contributed by atoms with Gasteiger partial charge in [0.15, 0.2) is 0 Å². The number of amides is 1. The summed E-state index contributed by atoms with van der Waals surface area (Å²) in [5.74, 6) is 2.03. The van der Waals surface area contributed by atoms with Crippen LogP contribution in [0.15, 0.2) is 44.1 Å². The molecule has 1 amide bonds. The van der Waals surface area contributed by atoms with Gasteiger partial charge in [0.2, 0.25) is 11.8 Å². The quantitative estimate of drug-likeness (QED) is 0.750. The van der Waals surface area contributed by atoms with Gasteiger partial charge in [-0.25, -0.2) is 4.98 Å². The monoisotopic (exact) mass is 330 g/mol. The molecule has 0 aliphatic carbocycles. The van der Waals surface area contributed by atoms with E-state index in [-0.39, 0.29) is 18.4 Å². The summed E-state index contributed by atoms with van der Waals surface area (Å²) in [5.41, 5.74) is 1.62. The minimum absolute atomic E-state index is 0.00259. The summed E-state index contributed by atoms with van der Waals surface area (Å²) in [6.07, 6.45) is 2.51. The molecule has 0 aliphatic rings. The van der Waals surface area contributed by atoms with E-state index in [0.717, 1.165) is 11.3 Å². The number of carbonyl (C=O) groups excluding carboxylic acids is 1. The van der Waals surface area contributed by atoms with E-state index in [9.17, 15) is 4.79 Å². The fraction of sp³-hybridized carbons (Fsp3) is 0.294. The molecular weight excluding hydrogens is 312 g/mol. The summed E-state index contributed by atoms with van der Waals surface area (Å²) >= 11 is 1.59. The molecule has 1 atom stereocenters. The third-order valence-electron chi connectivity index (χ3n) is 3.48. The van der Waals surface area contributed by atoms with Gasteiger partial charge in [0.1, 0.15) is 11.5 Å². The first-order valence-electron chi connectivity index (χ1n) is 7.42. The van der Waals surface area contributed by atoms with Crippen LogP contribution in [-0.4, -0.2) is 16.9 Å². The predicted octanol–water partition coefficient (Wildman–Crippen LogP) is 3.59. The van der Waals surface area contributed by atoms with E-state index >= 15 is 0 Å². The topological polar surface area (TPSA) is 68.3 Å². The normalized spacial score (nSPS) is 12.3. The van der Waals surface area contributed by atoms with E-state index in [1.807, 2.05) is 42.8 Å². The molecule has 3 aromatic heterocycles. The Hall–Kier alpha value is -2.34. The number of nitrogens with zero attached hydrogens (tertiary/aromatic N) is 1. The first-order valence-corrected chi connectivity index (χ1v) is 8.36. The molecule has 3 aromatic rings. The molecule has 5 nitrogen and oxygen atoms in total. The van der Waals surface area contributed by atoms with Crippen molar-refractivity contribution in [1.29, 1.82) is 0 Å². The minimum atomic E-state index is -0.0719. The van der Waals surface area contributed by atoms with Crippen molar-refractivity contribution in [2.75, 3.05) is 0 Å². The Balaban J connectivity index is 1.59. The summed E-state index contributed by atoms with van der Waals surface area (Å²) in [7, 11) is 0.